The van der Waals surface area contributed by atoms with Gasteiger partial charge in [0.2, 0.25) is 5.13 Å². The number of hydrogen-bond donors (Lipinski definition) is 0. The number of hydrogen-bond acceptors (Lipinski definition) is 7. The van der Waals surface area contributed by atoms with Crippen molar-refractivity contribution in [3.05, 3.63) is 63.7 Å². The SMILES string of the molecule is CCOC(=O)c1sc(N2N=C(C)/C(=C\c3cc(C)n(-c4cccnc4)c3C)C2=O)nc1C. The summed E-state index contributed by atoms with van der Waals surface area (Å²) in [4.78, 5) is 34.3. The Kier molecular flexibility index (Phi) is 5.75. The number of aryl methyl sites for hydroxylation is 2. The van der Waals surface area contributed by atoms with Gasteiger partial charge in [0.05, 0.1) is 35.5 Å². The van der Waals surface area contributed by atoms with Crippen LogP contribution in [0.2, 0.25) is 0 Å². The summed E-state index contributed by atoms with van der Waals surface area (Å²) in [6.07, 6.45) is 5.39. The van der Waals surface area contributed by atoms with Crippen LogP contribution in [0.25, 0.3) is 11.8 Å². The van der Waals surface area contributed by atoms with Gasteiger partial charge in [0.15, 0.2) is 0 Å². The molecule has 0 N–H and O–H groups in total. The molecule has 9 heteroatoms. The molecule has 0 spiro atoms. The van der Waals surface area contributed by atoms with E-state index in [1.54, 1.807) is 33.2 Å². The van der Waals surface area contributed by atoms with E-state index in [1.165, 1.54) is 5.01 Å². The molecule has 0 radical (unpaired) electrons. The first-order valence-corrected chi connectivity index (χ1v) is 11.0. The molecule has 3 aromatic heterocycles. The molecule has 1 amide bonds. The molecule has 1 aliphatic heterocycles. The van der Waals surface area contributed by atoms with Gasteiger partial charge >= 0.3 is 5.97 Å². The van der Waals surface area contributed by atoms with E-state index < -0.39 is 5.97 Å². The number of ether oxygens (including phenoxy) is 1. The molecule has 0 bridgehead atoms. The molecule has 164 valence electrons. The van der Waals surface area contributed by atoms with Crippen LogP contribution in [0.15, 0.2) is 41.3 Å². The fraction of sp³-hybridized carbons (Fsp3) is 0.261. The Morgan fingerprint density at radius 2 is 2.03 bits per heavy atom. The second-order valence-electron chi connectivity index (χ2n) is 7.36. The Hall–Kier alpha value is -3.59. The van der Waals surface area contributed by atoms with Crippen LogP contribution in [-0.4, -0.2) is 38.7 Å². The van der Waals surface area contributed by atoms with E-state index in [4.69, 9.17) is 4.74 Å². The average Bonchev–Trinajstić information content (AvgIpc) is 3.38. The number of carbonyl (C=O) groups is 2. The lowest BCUT2D eigenvalue weighted by Crippen LogP contribution is -2.21. The molecule has 0 fully saturated rings. The summed E-state index contributed by atoms with van der Waals surface area (Å²) in [6, 6.07) is 5.91. The Bertz CT molecular complexity index is 1270. The molecule has 0 saturated carbocycles. The largest absolute Gasteiger partial charge is 0.462 e. The van der Waals surface area contributed by atoms with Crippen LogP contribution in [0.4, 0.5) is 5.13 Å². The molecule has 32 heavy (non-hydrogen) atoms. The summed E-state index contributed by atoms with van der Waals surface area (Å²) in [5, 5.41) is 6.00. The Morgan fingerprint density at radius 1 is 1.25 bits per heavy atom. The number of nitrogens with zero attached hydrogens (tertiary/aromatic N) is 5. The topological polar surface area (TPSA) is 89.7 Å². The minimum Gasteiger partial charge on any atom is -0.462 e. The molecule has 0 saturated heterocycles. The van der Waals surface area contributed by atoms with Crippen molar-refractivity contribution in [2.75, 3.05) is 11.6 Å². The molecule has 4 heterocycles. The van der Waals surface area contributed by atoms with Crippen molar-refractivity contribution in [1.29, 1.82) is 0 Å². The lowest BCUT2D eigenvalue weighted by Gasteiger charge is -2.09. The van der Waals surface area contributed by atoms with E-state index in [2.05, 4.69) is 19.6 Å². The minimum absolute atomic E-state index is 0.274. The number of hydrazone groups is 1. The third kappa shape index (κ3) is 3.75. The molecular formula is C23H23N5O3S. The van der Waals surface area contributed by atoms with Gasteiger partial charge in [-0.25, -0.2) is 9.78 Å². The predicted octanol–water partition coefficient (Wildman–Crippen LogP) is 4.24. The van der Waals surface area contributed by atoms with E-state index >= 15 is 0 Å². The van der Waals surface area contributed by atoms with E-state index in [9.17, 15) is 9.59 Å². The van der Waals surface area contributed by atoms with Crippen molar-refractivity contribution in [3.63, 3.8) is 0 Å². The Morgan fingerprint density at radius 3 is 2.72 bits per heavy atom. The highest BCUT2D eigenvalue weighted by Crippen LogP contribution is 2.32. The number of aromatic nitrogens is 3. The van der Waals surface area contributed by atoms with Crippen molar-refractivity contribution in [2.24, 2.45) is 5.10 Å². The summed E-state index contributed by atoms with van der Waals surface area (Å²) in [5.41, 5.74) is 5.51. The summed E-state index contributed by atoms with van der Waals surface area (Å²) >= 11 is 1.10. The van der Waals surface area contributed by atoms with Gasteiger partial charge in [0.1, 0.15) is 4.88 Å². The van der Waals surface area contributed by atoms with E-state index in [-0.39, 0.29) is 12.5 Å². The third-order valence-corrected chi connectivity index (χ3v) is 6.28. The quantitative estimate of drug-likeness (QED) is 0.429. The number of rotatable bonds is 5. The van der Waals surface area contributed by atoms with Crippen molar-refractivity contribution in [1.82, 2.24) is 14.5 Å². The fourth-order valence-corrected chi connectivity index (χ4v) is 4.56. The number of amides is 1. The maximum absolute atomic E-state index is 13.2. The van der Waals surface area contributed by atoms with Gasteiger partial charge in [0.25, 0.3) is 5.91 Å². The van der Waals surface area contributed by atoms with Gasteiger partial charge in [-0.3, -0.25) is 9.78 Å². The van der Waals surface area contributed by atoms with Gasteiger partial charge in [-0.1, -0.05) is 11.3 Å². The van der Waals surface area contributed by atoms with Gasteiger partial charge in [-0.05, 0) is 64.5 Å². The molecule has 0 aromatic carbocycles. The summed E-state index contributed by atoms with van der Waals surface area (Å²) in [6.45, 7) is 9.54. The molecule has 4 rings (SSSR count). The maximum atomic E-state index is 13.2. The standard InChI is InChI=1S/C23H23N5O3S/c1-6-31-22(30)20-15(4)25-23(32-20)28-21(29)19(14(3)26-28)11-17-10-13(2)27(16(17)5)18-8-7-9-24-12-18/h7-12H,6H2,1-5H3/b19-11+. The van der Waals surface area contributed by atoms with Crippen LogP contribution >= 0.6 is 11.3 Å². The van der Waals surface area contributed by atoms with Gasteiger partial charge in [-0.2, -0.15) is 10.1 Å². The zero-order valence-electron chi connectivity index (χ0n) is 18.5. The first-order chi connectivity index (χ1) is 15.3. The highest BCUT2D eigenvalue weighted by Gasteiger charge is 2.32. The smallest absolute Gasteiger partial charge is 0.350 e. The fourth-order valence-electron chi connectivity index (χ4n) is 3.65. The van der Waals surface area contributed by atoms with Gasteiger partial charge in [0, 0.05) is 17.6 Å². The van der Waals surface area contributed by atoms with Crippen molar-refractivity contribution in [3.8, 4) is 5.69 Å². The number of thiazole rings is 1. The first kappa shape index (κ1) is 21.6. The normalized spacial score (nSPS) is 14.9. The molecule has 0 atom stereocenters. The Balaban J connectivity index is 1.67. The van der Waals surface area contributed by atoms with Crippen LogP contribution in [-0.2, 0) is 9.53 Å². The molecule has 3 aromatic rings. The zero-order valence-corrected chi connectivity index (χ0v) is 19.4. The summed E-state index contributed by atoms with van der Waals surface area (Å²) in [7, 11) is 0. The van der Waals surface area contributed by atoms with Gasteiger partial charge < -0.3 is 9.30 Å². The average molecular weight is 450 g/mol. The second-order valence-corrected chi connectivity index (χ2v) is 8.34. The van der Waals surface area contributed by atoms with Crippen LogP contribution < -0.4 is 5.01 Å². The van der Waals surface area contributed by atoms with E-state index in [0.717, 1.165) is 34.0 Å². The lowest BCUT2D eigenvalue weighted by molar-refractivity contribution is -0.114. The van der Waals surface area contributed by atoms with Gasteiger partial charge in [-0.15, -0.1) is 0 Å². The monoisotopic (exact) mass is 449 g/mol. The third-order valence-electron chi connectivity index (χ3n) is 5.16. The number of esters is 1. The summed E-state index contributed by atoms with van der Waals surface area (Å²) < 4.78 is 7.17. The highest BCUT2D eigenvalue weighted by molar-refractivity contribution is 7.17. The number of anilines is 1. The predicted molar refractivity (Wildman–Crippen MR) is 124 cm³/mol. The van der Waals surface area contributed by atoms with E-state index in [0.29, 0.717) is 27.0 Å². The van der Waals surface area contributed by atoms with Crippen molar-refractivity contribution >= 4 is 40.1 Å². The van der Waals surface area contributed by atoms with E-state index in [1.807, 2.05) is 38.1 Å². The molecule has 8 nitrogen and oxygen atoms in total. The molecule has 0 unspecified atom stereocenters. The van der Waals surface area contributed by atoms with Crippen LogP contribution in [0.3, 0.4) is 0 Å². The van der Waals surface area contributed by atoms with Crippen LogP contribution in [0.5, 0.6) is 0 Å². The lowest BCUT2D eigenvalue weighted by atomic mass is 10.1. The van der Waals surface area contributed by atoms with Crippen molar-refractivity contribution in [2.45, 2.75) is 34.6 Å². The Labute approximate surface area is 189 Å². The molecule has 1 aliphatic rings. The maximum Gasteiger partial charge on any atom is 0.350 e. The van der Waals surface area contributed by atoms with Crippen molar-refractivity contribution < 1.29 is 14.3 Å². The molecule has 0 aliphatic carbocycles. The minimum atomic E-state index is -0.445. The summed E-state index contributed by atoms with van der Waals surface area (Å²) in [5.74, 6) is -0.724. The van der Waals surface area contributed by atoms with Crippen LogP contribution in [0.1, 0.15) is 46.2 Å². The first-order valence-electron chi connectivity index (χ1n) is 10.2. The molecular weight excluding hydrogens is 426 g/mol. The van der Waals surface area contributed by atoms with Crippen LogP contribution in [0, 0.1) is 20.8 Å². The zero-order chi connectivity index (χ0) is 23.0. The number of pyridine rings is 1. The highest BCUT2D eigenvalue weighted by atomic mass is 32.1. The number of carbonyl (C=O) groups excluding carboxylic acids is 2. The second kappa shape index (κ2) is 8.51.